The number of carbonyl (C=O) groups is 1. The summed E-state index contributed by atoms with van der Waals surface area (Å²) >= 11 is 6.17. The Morgan fingerprint density at radius 3 is 2.67 bits per heavy atom. The molecule has 0 unspecified atom stereocenters. The van der Waals surface area contributed by atoms with E-state index in [4.69, 9.17) is 21.1 Å². The number of rotatable bonds is 2. The van der Waals surface area contributed by atoms with E-state index in [0.717, 1.165) is 31.2 Å². The molecule has 0 bridgehead atoms. The van der Waals surface area contributed by atoms with Crippen molar-refractivity contribution in [1.29, 1.82) is 0 Å². The minimum absolute atomic E-state index is 0.0986. The second-order valence-electron chi connectivity index (χ2n) is 7.97. The summed E-state index contributed by atoms with van der Waals surface area (Å²) in [5.41, 5.74) is 0.981. The fourth-order valence-electron chi connectivity index (χ4n) is 3.80. The van der Waals surface area contributed by atoms with Gasteiger partial charge in [0.25, 0.3) is 0 Å². The fourth-order valence-corrected chi connectivity index (χ4v) is 4.03. The van der Waals surface area contributed by atoms with E-state index in [1.54, 1.807) is 17.2 Å². The molecule has 172 valence electrons. The molecule has 0 saturated carbocycles. The maximum absolute atomic E-state index is 14.3. The number of pyridine rings is 1. The highest BCUT2D eigenvalue weighted by Crippen LogP contribution is 2.33. The molecule has 2 heterocycles. The van der Waals surface area contributed by atoms with Gasteiger partial charge in [-0.15, -0.1) is 0 Å². The third-order valence-electron chi connectivity index (χ3n) is 5.59. The Labute approximate surface area is 198 Å². The molecule has 0 atom stereocenters. The Kier molecular flexibility index (Phi) is 7.79. The average molecular weight is 469 g/mol. The Morgan fingerprint density at radius 2 is 1.82 bits per heavy atom. The van der Waals surface area contributed by atoms with Crippen molar-refractivity contribution in [3.05, 3.63) is 82.8 Å². The molecular weight excluding hydrogens is 443 g/mol. The van der Waals surface area contributed by atoms with Crippen LogP contribution < -0.4 is 9.47 Å². The van der Waals surface area contributed by atoms with E-state index < -0.39 is 5.82 Å². The predicted molar refractivity (Wildman–Crippen MR) is 125 cm³/mol. The molecule has 7 heteroatoms. The van der Waals surface area contributed by atoms with Gasteiger partial charge in [0.2, 0.25) is 11.8 Å². The fraction of sp³-hybridized carbons (Fsp3) is 0.308. The van der Waals surface area contributed by atoms with Gasteiger partial charge in [0.05, 0.1) is 19.6 Å². The lowest BCUT2D eigenvalue weighted by atomic mass is 10.1. The molecule has 2 aromatic carbocycles. The zero-order valence-electron chi connectivity index (χ0n) is 18.3. The van der Waals surface area contributed by atoms with E-state index >= 15 is 0 Å². The summed E-state index contributed by atoms with van der Waals surface area (Å²) in [5, 5.41) is 0.257. The Hall–Kier alpha value is -3.12. The van der Waals surface area contributed by atoms with Gasteiger partial charge in [-0.05, 0) is 43.2 Å². The van der Waals surface area contributed by atoms with Crippen molar-refractivity contribution in [1.82, 2.24) is 9.88 Å². The van der Waals surface area contributed by atoms with Crippen LogP contribution in [0, 0.1) is 5.82 Å². The summed E-state index contributed by atoms with van der Waals surface area (Å²) in [6.07, 6.45) is 5.25. The SMILES string of the molecule is O=C(Cc1c(F)cccc1Cl)N1CCCCCCOc2ccccc2Oc2ncccc2C1. The minimum Gasteiger partial charge on any atom is -0.490 e. The molecule has 5 nitrogen and oxygen atoms in total. The molecule has 4 rings (SSSR count). The maximum atomic E-state index is 14.3. The third kappa shape index (κ3) is 6.02. The molecule has 1 amide bonds. The number of nitrogens with zero attached hydrogens (tertiary/aromatic N) is 2. The second kappa shape index (κ2) is 11.1. The van der Waals surface area contributed by atoms with Crippen molar-refractivity contribution >= 4 is 17.5 Å². The number of fused-ring (bicyclic) bond motifs is 2. The van der Waals surface area contributed by atoms with Crippen LogP contribution in [0.15, 0.2) is 60.8 Å². The highest BCUT2D eigenvalue weighted by molar-refractivity contribution is 6.31. The first-order chi connectivity index (χ1) is 16.1. The van der Waals surface area contributed by atoms with Gasteiger partial charge >= 0.3 is 0 Å². The van der Waals surface area contributed by atoms with Crippen LogP contribution in [0.4, 0.5) is 4.39 Å². The molecule has 0 spiro atoms. The number of carbonyl (C=O) groups excluding carboxylic acids is 1. The second-order valence-corrected chi connectivity index (χ2v) is 8.38. The summed E-state index contributed by atoms with van der Waals surface area (Å²) in [6.45, 7) is 1.44. The lowest BCUT2D eigenvalue weighted by Gasteiger charge is -2.24. The predicted octanol–water partition coefficient (Wildman–Crippen LogP) is 6.19. The summed E-state index contributed by atoms with van der Waals surface area (Å²) in [4.78, 5) is 19.4. The smallest absolute Gasteiger partial charge is 0.227 e. The molecule has 1 aliphatic rings. The van der Waals surface area contributed by atoms with E-state index in [0.29, 0.717) is 37.1 Å². The lowest BCUT2D eigenvalue weighted by Crippen LogP contribution is -2.33. The largest absolute Gasteiger partial charge is 0.490 e. The standard InChI is InChI=1S/C26H26ClFN2O3/c27-21-10-7-11-22(28)20(21)17-25(31)30-15-5-1-2-6-16-32-23-12-3-4-13-24(23)33-26-19(18-30)9-8-14-29-26/h3-4,7-14H,1-2,5-6,15-18H2. The Bertz CT molecular complexity index is 1090. The number of ether oxygens (including phenoxy) is 2. The van der Waals surface area contributed by atoms with E-state index in [-0.39, 0.29) is 22.9 Å². The van der Waals surface area contributed by atoms with Crippen LogP contribution in [0.2, 0.25) is 5.02 Å². The zero-order valence-corrected chi connectivity index (χ0v) is 19.1. The number of para-hydroxylation sites is 2. The van der Waals surface area contributed by atoms with E-state index in [2.05, 4.69) is 4.98 Å². The van der Waals surface area contributed by atoms with E-state index in [1.165, 1.54) is 12.1 Å². The first-order valence-electron chi connectivity index (χ1n) is 11.2. The van der Waals surface area contributed by atoms with Crippen molar-refractivity contribution in [3.8, 4) is 17.4 Å². The van der Waals surface area contributed by atoms with Crippen LogP contribution in [0.1, 0.15) is 36.8 Å². The van der Waals surface area contributed by atoms with E-state index in [1.807, 2.05) is 36.4 Å². The average Bonchev–Trinajstić information content (AvgIpc) is 2.81. The molecule has 1 aliphatic heterocycles. The Morgan fingerprint density at radius 1 is 1.00 bits per heavy atom. The molecule has 1 aromatic heterocycles. The van der Waals surface area contributed by atoms with Gasteiger partial charge in [0.15, 0.2) is 11.5 Å². The van der Waals surface area contributed by atoms with Crippen LogP contribution in [0.3, 0.4) is 0 Å². The maximum Gasteiger partial charge on any atom is 0.227 e. The van der Waals surface area contributed by atoms with Gasteiger partial charge in [-0.3, -0.25) is 4.79 Å². The van der Waals surface area contributed by atoms with Gasteiger partial charge < -0.3 is 14.4 Å². The third-order valence-corrected chi connectivity index (χ3v) is 5.94. The van der Waals surface area contributed by atoms with Gasteiger partial charge in [0, 0.05) is 28.9 Å². The molecule has 0 N–H and O–H groups in total. The van der Waals surface area contributed by atoms with Crippen LogP contribution in [-0.2, 0) is 17.8 Å². The van der Waals surface area contributed by atoms with Gasteiger partial charge in [0.1, 0.15) is 5.82 Å². The van der Waals surface area contributed by atoms with Crippen LogP contribution in [-0.4, -0.2) is 28.9 Å². The van der Waals surface area contributed by atoms with Crippen LogP contribution >= 0.6 is 11.6 Å². The van der Waals surface area contributed by atoms with Crippen molar-refractivity contribution < 1.29 is 18.7 Å². The molecule has 0 saturated heterocycles. The first-order valence-corrected chi connectivity index (χ1v) is 11.5. The number of benzene rings is 2. The van der Waals surface area contributed by atoms with Crippen molar-refractivity contribution in [3.63, 3.8) is 0 Å². The monoisotopic (exact) mass is 468 g/mol. The molecular formula is C26H26ClFN2O3. The number of amides is 1. The van der Waals surface area contributed by atoms with Crippen LogP contribution in [0.5, 0.6) is 17.4 Å². The Balaban J connectivity index is 1.61. The van der Waals surface area contributed by atoms with Crippen molar-refractivity contribution in [2.75, 3.05) is 13.2 Å². The van der Waals surface area contributed by atoms with Gasteiger partial charge in [-0.2, -0.15) is 0 Å². The van der Waals surface area contributed by atoms with Crippen LogP contribution in [0.25, 0.3) is 0 Å². The summed E-state index contributed by atoms with van der Waals surface area (Å²) < 4.78 is 26.4. The molecule has 3 aromatic rings. The number of hydrogen-bond acceptors (Lipinski definition) is 4. The highest BCUT2D eigenvalue weighted by atomic mass is 35.5. The number of aromatic nitrogens is 1. The van der Waals surface area contributed by atoms with Gasteiger partial charge in [-0.1, -0.05) is 48.7 Å². The molecule has 0 aliphatic carbocycles. The highest BCUT2D eigenvalue weighted by Gasteiger charge is 2.21. The van der Waals surface area contributed by atoms with E-state index in [9.17, 15) is 9.18 Å². The lowest BCUT2D eigenvalue weighted by molar-refractivity contribution is -0.131. The molecule has 0 radical (unpaired) electrons. The number of hydrogen-bond donors (Lipinski definition) is 0. The molecule has 33 heavy (non-hydrogen) atoms. The zero-order chi connectivity index (χ0) is 23.0. The van der Waals surface area contributed by atoms with Gasteiger partial charge in [-0.25, -0.2) is 9.37 Å². The first kappa shape index (κ1) is 23.1. The van der Waals surface area contributed by atoms with Crippen molar-refractivity contribution in [2.45, 2.75) is 38.6 Å². The summed E-state index contributed by atoms with van der Waals surface area (Å²) in [6, 6.07) is 15.6. The van der Waals surface area contributed by atoms with Crippen molar-refractivity contribution in [2.24, 2.45) is 0 Å². The summed E-state index contributed by atoms with van der Waals surface area (Å²) in [7, 11) is 0. The molecule has 0 fully saturated rings. The number of halogens is 2. The minimum atomic E-state index is -0.472. The quantitative estimate of drug-likeness (QED) is 0.450. The normalized spacial score (nSPS) is 14.8. The topological polar surface area (TPSA) is 51.7 Å². The summed E-state index contributed by atoms with van der Waals surface area (Å²) in [5.74, 6) is 0.985.